The van der Waals surface area contributed by atoms with Gasteiger partial charge in [0.25, 0.3) is 0 Å². The smallest absolute Gasteiger partial charge is 0.248 e. The van der Waals surface area contributed by atoms with Crippen LogP contribution in [-0.2, 0) is 0 Å². The molecule has 132 valence electrons. The lowest BCUT2D eigenvalue weighted by atomic mass is 10.1. The summed E-state index contributed by atoms with van der Waals surface area (Å²) in [5.41, 5.74) is 3.80. The number of hydrogen-bond acceptors (Lipinski definition) is 3. The second-order valence-corrected chi connectivity index (χ2v) is 6.72. The zero-order valence-corrected chi connectivity index (χ0v) is 15.7. The molecule has 0 N–H and O–H groups in total. The van der Waals surface area contributed by atoms with Crippen molar-refractivity contribution in [3.8, 4) is 22.9 Å². The fraction of sp³-hybridized carbons (Fsp3) is 0. The third-order valence-corrected chi connectivity index (χ3v) is 4.75. The van der Waals surface area contributed by atoms with Gasteiger partial charge in [0.05, 0.1) is 10.0 Å². The van der Waals surface area contributed by atoms with Gasteiger partial charge >= 0.3 is 0 Å². The average molecular weight is 393 g/mol. The van der Waals surface area contributed by atoms with Gasteiger partial charge < -0.3 is 4.42 Å². The maximum Gasteiger partial charge on any atom is 0.248 e. The molecule has 0 saturated carbocycles. The van der Waals surface area contributed by atoms with E-state index in [0.29, 0.717) is 21.8 Å². The molecule has 0 bridgehead atoms. The Hall–Kier alpha value is -2.88. The van der Waals surface area contributed by atoms with Gasteiger partial charge in [0.15, 0.2) is 0 Å². The van der Waals surface area contributed by atoms with Crippen molar-refractivity contribution in [3.63, 3.8) is 0 Å². The topological polar surface area (TPSA) is 38.9 Å². The minimum Gasteiger partial charge on any atom is -0.416 e. The first-order valence-corrected chi connectivity index (χ1v) is 9.07. The number of rotatable bonds is 4. The van der Waals surface area contributed by atoms with Gasteiger partial charge in [-0.25, -0.2) is 0 Å². The molecule has 0 radical (unpaired) electrons. The number of halogens is 2. The third-order valence-electron chi connectivity index (χ3n) is 4.02. The molecule has 1 aromatic heterocycles. The van der Waals surface area contributed by atoms with Crippen LogP contribution in [0.15, 0.2) is 77.2 Å². The molecule has 0 saturated heterocycles. The Bertz CT molecular complexity index is 1090. The standard InChI is InChI=1S/C22H14Cl2N2O/c23-19-13-10-16(14-20(19)24)7-6-15-8-11-18(12-9-15)22-26-25-21(27-22)17-4-2-1-3-5-17/h1-14H/b7-6+. The molecule has 0 fully saturated rings. The lowest BCUT2D eigenvalue weighted by molar-refractivity contribution is 0.584. The highest BCUT2D eigenvalue weighted by Gasteiger charge is 2.09. The molecule has 0 aliphatic carbocycles. The van der Waals surface area contributed by atoms with Crippen LogP contribution in [0.5, 0.6) is 0 Å². The van der Waals surface area contributed by atoms with Crippen LogP contribution in [0.3, 0.4) is 0 Å². The van der Waals surface area contributed by atoms with Crippen molar-refractivity contribution in [1.82, 2.24) is 10.2 Å². The summed E-state index contributed by atoms with van der Waals surface area (Å²) in [6, 6.07) is 23.1. The van der Waals surface area contributed by atoms with Crippen LogP contribution in [0.4, 0.5) is 0 Å². The van der Waals surface area contributed by atoms with E-state index in [2.05, 4.69) is 10.2 Å². The molecular formula is C22H14Cl2N2O. The van der Waals surface area contributed by atoms with Crippen molar-refractivity contribution in [2.45, 2.75) is 0 Å². The maximum absolute atomic E-state index is 6.04. The predicted molar refractivity (Wildman–Crippen MR) is 111 cm³/mol. The van der Waals surface area contributed by atoms with Crippen molar-refractivity contribution < 1.29 is 4.42 Å². The molecule has 0 aliphatic rings. The van der Waals surface area contributed by atoms with E-state index in [9.17, 15) is 0 Å². The SMILES string of the molecule is Clc1ccc(/C=C/c2ccc(-c3nnc(-c4ccccc4)o3)cc2)cc1Cl. The number of hydrogen-bond donors (Lipinski definition) is 0. The van der Waals surface area contributed by atoms with Gasteiger partial charge in [-0.2, -0.15) is 0 Å². The summed E-state index contributed by atoms with van der Waals surface area (Å²) < 4.78 is 5.78. The molecule has 3 nitrogen and oxygen atoms in total. The Morgan fingerprint density at radius 3 is 1.89 bits per heavy atom. The monoisotopic (exact) mass is 392 g/mol. The fourth-order valence-corrected chi connectivity index (χ4v) is 2.89. The van der Waals surface area contributed by atoms with Crippen LogP contribution in [0.2, 0.25) is 10.0 Å². The number of aromatic nitrogens is 2. The Morgan fingerprint density at radius 1 is 0.630 bits per heavy atom. The van der Waals surface area contributed by atoms with E-state index < -0.39 is 0 Å². The second kappa shape index (κ2) is 7.78. The molecule has 0 aliphatic heterocycles. The maximum atomic E-state index is 6.04. The molecule has 1 heterocycles. The van der Waals surface area contributed by atoms with Crippen molar-refractivity contribution in [3.05, 3.63) is 94.0 Å². The van der Waals surface area contributed by atoms with Crippen LogP contribution >= 0.6 is 23.2 Å². The van der Waals surface area contributed by atoms with Crippen LogP contribution in [0.1, 0.15) is 11.1 Å². The van der Waals surface area contributed by atoms with Gasteiger partial charge in [-0.05, 0) is 47.5 Å². The summed E-state index contributed by atoms with van der Waals surface area (Å²) >= 11 is 12.0. The van der Waals surface area contributed by atoms with Gasteiger partial charge in [0.2, 0.25) is 11.8 Å². The van der Waals surface area contributed by atoms with Crippen LogP contribution in [0.25, 0.3) is 35.1 Å². The summed E-state index contributed by atoms with van der Waals surface area (Å²) in [4.78, 5) is 0. The largest absolute Gasteiger partial charge is 0.416 e. The normalized spacial score (nSPS) is 11.2. The molecule has 5 heteroatoms. The predicted octanol–water partition coefficient (Wildman–Crippen LogP) is 6.88. The van der Waals surface area contributed by atoms with Crippen LogP contribution in [0, 0.1) is 0 Å². The second-order valence-electron chi connectivity index (χ2n) is 5.91. The minimum atomic E-state index is 0.494. The number of nitrogens with zero attached hydrogens (tertiary/aromatic N) is 2. The molecule has 0 spiro atoms. The van der Waals surface area contributed by atoms with Crippen LogP contribution < -0.4 is 0 Å². The summed E-state index contributed by atoms with van der Waals surface area (Å²) in [7, 11) is 0. The minimum absolute atomic E-state index is 0.494. The molecule has 27 heavy (non-hydrogen) atoms. The summed E-state index contributed by atoms with van der Waals surface area (Å²) in [5, 5.41) is 9.35. The summed E-state index contributed by atoms with van der Waals surface area (Å²) in [5.74, 6) is 1.00. The van der Waals surface area contributed by atoms with Crippen LogP contribution in [-0.4, -0.2) is 10.2 Å². The van der Waals surface area contributed by atoms with Crippen molar-refractivity contribution in [2.75, 3.05) is 0 Å². The van der Waals surface area contributed by atoms with Gasteiger partial charge in [0.1, 0.15) is 0 Å². The Kier molecular flexibility index (Phi) is 5.05. The highest BCUT2D eigenvalue weighted by Crippen LogP contribution is 2.25. The van der Waals surface area contributed by atoms with E-state index in [0.717, 1.165) is 22.3 Å². The Balaban J connectivity index is 1.51. The zero-order valence-electron chi connectivity index (χ0n) is 14.1. The van der Waals surface area contributed by atoms with E-state index in [1.54, 1.807) is 6.07 Å². The molecule has 0 unspecified atom stereocenters. The van der Waals surface area contributed by atoms with Crippen molar-refractivity contribution in [2.24, 2.45) is 0 Å². The van der Waals surface area contributed by atoms with E-state index >= 15 is 0 Å². The first-order valence-electron chi connectivity index (χ1n) is 8.31. The molecular weight excluding hydrogens is 379 g/mol. The molecule has 4 aromatic rings. The fourth-order valence-electron chi connectivity index (χ4n) is 2.58. The lowest BCUT2D eigenvalue weighted by Gasteiger charge is -1.99. The van der Waals surface area contributed by atoms with Gasteiger partial charge in [0, 0.05) is 11.1 Å². The Labute approximate surface area is 166 Å². The quantitative estimate of drug-likeness (QED) is 0.355. The zero-order chi connectivity index (χ0) is 18.6. The van der Waals surface area contributed by atoms with Gasteiger partial charge in [-0.1, -0.05) is 71.8 Å². The highest BCUT2D eigenvalue weighted by molar-refractivity contribution is 6.42. The molecule has 3 aromatic carbocycles. The van der Waals surface area contributed by atoms with E-state index in [1.165, 1.54) is 0 Å². The summed E-state index contributed by atoms with van der Waals surface area (Å²) in [6.07, 6.45) is 3.99. The average Bonchev–Trinajstić information content (AvgIpc) is 3.20. The van der Waals surface area contributed by atoms with Crippen molar-refractivity contribution in [1.29, 1.82) is 0 Å². The molecule has 4 rings (SSSR count). The molecule has 0 amide bonds. The van der Waals surface area contributed by atoms with E-state index in [-0.39, 0.29) is 0 Å². The first-order chi connectivity index (χ1) is 13.2. The van der Waals surface area contributed by atoms with E-state index in [4.69, 9.17) is 27.6 Å². The highest BCUT2D eigenvalue weighted by atomic mass is 35.5. The first kappa shape index (κ1) is 17.5. The number of benzene rings is 3. The third kappa shape index (κ3) is 4.11. The van der Waals surface area contributed by atoms with Gasteiger partial charge in [-0.3, -0.25) is 0 Å². The van der Waals surface area contributed by atoms with E-state index in [1.807, 2.05) is 78.9 Å². The van der Waals surface area contributed by atoms with Gasteiger partial charge in [-0.15, -0.1) is 10.2 Å². The lowest BCUT2D eigenvalue weighted by Crippen LogP contribution is -1.79. The Morgan fingerprint density at radius 2 is 1.22 bits per heavy atom. The molecule has 0 atom stereocenters. The summed E-state index contributed by atoms with van der Waals surface area (Å²) in [6.45, 7) is 0. The van der Waals surface area contributed by atoms with Crippen molar-refractivity contribution >= 4 is 35.4 Å².